The van der Waals surface area contributed by atoms with Crippen LogP contribution >= 0.6 is 0 Å². The second kappa shape index (κ2) is 5.69. The summed E-state index contributed by atoms with van der Waals surface area (Å²) in [4.78, 5) is 8.09. The first-order valence-electron chi connectivity index (χ1n) is 6.06. The van der Waals surface area contributed by atoms with Crippen LogP contribution in [0.3, 0.4) is 0 Å². The number of hydrogen-bond acceptors (Lipinski definition) is 3. The molecule has 1 fully saturated rings. The van der Waals surface area contributed by atoms with Crippen LogP contribution in [0, 0.1) is 5.92 Å². The zero-order valence-corrected chi connectivity index (χ0v) is 10.5. The van der Waals surface area contributed by atoms with Crippen molar-refractivity contribution < 1.29 is 17.9 Å². The van der Waals surface area contributed by atoms with Gasteiger partial charge >= 0.3 is 6.18 Å². The molecule has 1 saturated carbocycles. The van der Waals surface area contributed by atoms with Crippen LogP contribution in [0.25, 0.3) is 0 Å². The Labute approximate surface area is 109 Å². The first-order chi connectivity index (χ1) is 9.00. The van der Waals surface area contributed by atoms with Gasteiger partial charge in [-0.3, -0.25) is 9.98 Å². The number of pyridine rings is 1. The summed E-state index contributed by atoms with van der Waals surface area (Å²) in [7, 11) is 1.61. The lowest BCUT2D eigenvalue weighted by Crippen LogP contribution is -2.15. The van der Waals surface area contributed by atoms with E-state index in [1.165, 1.54) is 12.3 Å². The molecule has 0 aliphatic heterocycles. The predicted octanol–water partition coefficient (Wildman–Crippen LogP) is 2.94. The third-order valence-electron chi connectivity index (χ3n) is 3.02. The van der Waals surface area contributed by atoms with Crippen molar-refractivity contribution in [3.63, 3.8) is 0 Å². The lowest BCUT2D eigenvalue weighted by molar-refractivity contribution is -0.137. The zero-order valence-electron chi connectivity index (χ0n) is 10.5. The van der Waals surface area contributed by atoms with Gasteiger partial charge in [0.1, 0.15) is 0 Å². The van der Waals surface area contributed by atoms with E-state index in [0.29, 0.717) is 18.2 Å². The van der Waals surface area contributed by atoms with E-state index in [2.05, 4.69) is 9.98 Å². The monoisotopic (exact) mass is 272 g/mol. The Hall–Kier alpha value is -1.43. The molecule has 0 amide bonds. The summed E-state index contributed by atoms with van der Waals surface area (Å²) in [6.45, 7) is 0.530. The molecule has 6 heteroatoms. The van der Waals surface area contributed by atoms with E-state index in [-0.39, 0.29) is 6.04 Å². The van der Waals surface area contributed by atoms with Crippen molar-refractivity contribution in [2.24, 2.45) is 10.9 Å². The highest BCUT2D eigenvalue weighted by molar-refractivity contribution is 5.77. The second-order valence-corrected chi connectivity index (χ2v) is 4.61. The van der Waals surface area contributed by atoms with Crippen LogP contribution < -0.4 is 0 Å². The second-order valence-electron chi connectivity index (χ2n) is 4.61. The molecular formula is C13H15F3N2O. The van der Waals surface area contributed by atoms with Gasteiger partial charge in [-0.25, -0.2) is 0 Å². The molecule has 2 rings (SSSR count). The number of aliphatic imine (C=N–C) groups is 1. The molecule has 0 aromatic carbocycles. The Bertz CT molecular complexity index is 438. The van der Waals surface area contributed by atoms with Crippen LogP contribution in [0.5, 0.6) is 0 Å². The fourth-order valence-electron chi connectivity index (χ4n) is 1.77. The lowest BCUT2D eigenvalue weighted by Gasteiger charge is -2.09. The molecule has 0 unspecified atom stereocenters. The number of hydrogen-bond donors (Lipinski definition) is 0. The van der Waals surface area contributed by atoms with Crippen molar-refractivity contribution >= 4 is 6.21 Å². The van der Waals surface area contributed by atoms with Gasteiger partial charge in [0.05, 0.1) is 23.9 Å². The smallest absolute Gasteiger partial charge is 0.382 e. The van der Waals surface area contributed by atoms with Crippen LogP contribution in [0.15, 0.2) is 23.3 Å². The van der Waals surface area contributed by atoms with Crippen LogP contribution in [0.4, 0.5) is 13.2 Å². The van der Waals surface area contributed by atoms with Gasteiger partial charge < -0.3 is 4.74 Å². The van der Waals surface area contributed by atoms with E-state index in [0.717, 1.165) is 25.1 Å². The Morgan fingerprint density at radius 1 is 1.47 bits per heavy atom. The van der Waals surface area contributed by atoms with Crippen molar-refractivity contribution in [3.8, 4) is 0 Å². The van der Waals surface area contributed by atoms with Crippen molar-refractivity contribution in [3.05, 3.63) is 29.6 Å². The maximum absolute atomic E-state index is 12.4. The number of methoxy groups -OCH3 is 1. The molecule has 0 spiro atoms. The molecule has 1 heterocycles. The van der Waals surface area contributed by atoms with E-state index < -0.39 is 11.7 Å². The van der Waals surface area contributed by atoms with E-state index in [1.807, 2.05) is 0 Å². The number of rotatable bonds is 5. The largest absolute Gasteiger partial charge is 0.417 e. The number of halogens is 3. The van der Waals surface area contributed by atoms with Crippen LogP contribution in [-0.2, 0) is 10.9 Å². The molecule has 0 radical (unpaired) electrons. The summed E-state index contributed by atoms with van der Waals surface area (Å²) < 4.78 is 42.1. The van der Waals surface area contributed by atoms with Gasteiger partial charge in [-0.15, -0.1) is 0 Å². The van der Waals surface area contributed by atoms with E-state index >= 15 is 0 Å². The maximum Gasteiger partial charge on any atom is 0.417 e. The molecule has 104 valence electrons. The molecule has 1 aliphatic carbocycles. The van der Waals surface area contributed by atoms with Gasteiger partial charge in [0.25, 0.3) is 0 Å². The van der Waals surface area contributed by atoms with Crippen molar-refractivity contribution in [2.45, 2.75) is 25.1 Å². The third-order valence-corrected chi connectivity index (χ3v) is 3.02. The summed E-state index contributed by atoms with van der Waals surface area (Å²) in [6, 6.07) is 2.41. The minimum Gasteiger partial charge on any atom is -0.382 e. The number of aromatic nitrogens is 1. The highest BCUT2D eigenvalue weighted by Crippen LogP contribution is 2.34. The first-order valence-corrected chi connectivity index (χ1v) is 6.06. The molecular weight excluding hydrogens is 257 g/mol. The highest BCUT2D eigenvalue weighted by Gasteiger charge is 2.31. The summed E-state index contributed by atoms with van der Waals surface area (Å²) in [5, 5.41) is 0. The quantitative estimate of drug-likeness (QED) is 0.772. The molecule has 0 saturated heterocycles. The SMILES string of the molecule is COC[C@H](/N=C/c1ccc(C(F)(F)F)cn1)C1CC1. The normalized spacial score (nSPS) is 17.9. The zero-order chi connectivity index (χ0) is 13.9. The van der Waals surface area contributed by atoms with E-state index in [1.54, 1.807) is 7.11 Å². The number of alkyl halides is 3. The summed E-state index contributed by atoms with van der Waals surface area (Å²) >= 11 is 0. The third kappa shape index (κ3) is 4.02. The van der Waals surface area contributed by atoms with Gasteiger partial charge in [0.2, 0.25) is 0 Å². The predicted molar refractivity (Wildman–Crippen MR) is 65.2 cm³/mol. The first kappa shape index (κ1) is 14.0. The average Bonchev–Trinajstić information content (AvgIpc) is 3.18. The Balaban J connectivity index is 2.02. The van der Waals surface area contributed by atoms with Crippen molar-refractivity contribution in [2.75, 3.05) is 13.7 Å². The van der Waals surface area contributed by atoms with Crippen LogP contribution in [0.2, 0.25) is 0 Å². The molecule has 1 atom stereocenters. The molecule has 19 heavy (non-hydrogen) atoms. The fourth-order valence-corrected chi connectivity index (χ4v) is 1.77. The fraction of sp³-hybridized carbons (Fsp3) is 0.538. The molecule has 0 bridgehead atoms. The topological polar surface area (TPSA) is 34.5 Å². The van der Waals surface area contributed by atoms with Gasteiger partial charge in [-0.1, -0.05) is 0 Å². The molecule has 0 N–H and O–H groups in total. The Morgan fingerprint density at radius 3 is 2.68 bits per heavy atom. The summed E-state index contributed by atoms with van der Waals surface area (Å²) in [5.74, 6) is 0.533. The Morgan fingerprint density at radius 2 is 2.21 bits per heavy atom. The van der Waals surface area contributed by atoms with Crippen molar-refractivity contribution in [1.82, 2.24) is 4.98 Å². The summed E-state index contributed by atoms with van der Waals surface area (Å²) in [6.07, 6.45) is 0.249. The average molecular weight is 272 g/mol. The van der Waals surface area contributed by atoms with Gasteiger partial charge in [-0.2, -0.15) is 13.2 Å². The summed E-state index contributed by atoms with van der Waals surface area (Å²) in [5.41, 5.74) is -0.324. The van der Waals surface area contributed by atoms with Crippen molar-refractivity contribution in [1.29, 1.82) is 0 Å². The lowest BCUT2D eigenvalue weighted by atomic mass is 10.2. The number of nitrogens with zero attached hydrogens (tertiary/aromatic N) is 2. The van der Waals surface area contributed by atoms with Gasteiger partial charge in [0.15, 0.2) is 0 Å². The number of ether oxygens (including phenoxy) is 1. The minimum atomic E-state index is -4.35. The van der Waals surface area contributed by atoms with Gasteiger partial charge in [0, 0.05) is 19.5 Å². The maximum atomic E-state index is 12.4. The van der Waals surface area contributed by atoms with E-state index in [4.69, 9.17) is 4.74 Å². The highest BCUT2D eigenvalue weighted by atomic mass is 19.4. The molecule has 1 aromatic heterocycles. The molecule has 3 nitrogen and oxygen atoms in total. The van der Waals surface area contributed by atoms with Crippen LogP contribution in [0.1, 0.15) is 24.1 Å². The molecule has 1 aliphatic rings. The standard InChI is InChI=1S/C13H15F3N2O/c1-19-8-12(9-2-3-9)18-7-11-5-4-10(6-17-11)13(14,15)16/h4-7,9,12H,2-3,8H2,1H3/b18-7+/t12-/m0/s1. The van der Waals surface area contributed by atoms with E-state index in [9.17, 15) is 13.2 Å². The minimum absolute atomic E-state index is 0.0779. The Kier molecular flexibility index (Phi) is 4.19. The van der Waals surface area contributed by atoms with Gasteiger partial charge in [-0.05, 0) is 30.9 Å². The van der Waals surface area contributed by atoms with Crippen LogP contribution in [-0.4, -0.2) is 31.0 Å². The molecule has 1 aromatic rings.